The topological polar surface area (TPSA) is 69.7 Å². The molecule has 0 saturated heterocycles. The Bertz CT molecular complexity index is 723. The molecule has 0 saturated carbocycles. The molecule has 6 heteroatoms. The van der Waals surface area contributed by atoms with E-state index in [9.17, 15) is 13.2 Å². The van der Waals surface area contributed by atoms with Crippen molar-refractivity contribution >= 4 is 15.9 Å². The van der Waals surface area contributed by atoms with E-state index in [0.29, 0.717) is 5.56 Å². The molecule has 0 atom stereocenters. The maximum Gasteiger partial charge on any atom is 0.301 e. The van der Waals surface area contributed by atoms with E-state index < -0.39 is 22.5 Å². The fourth-order valence-electron chi connectivity index (χ4n) is 1.73. The van der Waals surface area contributed by atoms with E-state index in [0.717, 1.165) is 0 Å². The van der Waals surface area contributed by atoms with Gasteiger partial charge in [-0.05, 0) is 12.1 Å². The second kappa shape index (κ2) is 6.51. The van der Waals surface area contributed by atoms with Crippen LogP contribution in [0.1, 0.15) is 10.4 Å². The normalized spacial score (nSPS) is 11.1. The summed E-state index contributed by atoms with van der Waals surface area (Å²) in [6, 6.07) is 14.4. The summed E-state index contributed by atoms with van der Waals surface area (Å²) in [5, 5.41) is 0. The smallest absolute Gasteiger partial charge is 0.301 e. The first-order chi connectivity index (χ1) is 10.0. The average molecular weight is 306 g/mol. The Morgan fingerprint density at radius 2 is 1.62 bits per heavy atom. The van der Waals surface area contributed by atoms with Gasteiger partial charge in [0.15, 0.2) is 5.78 Å². The molecule has 0 aliphatic heterocycles. The number of hydrogen-bond donors (Lipinski definition) is 0. The molecule has 5 nitrogen and oxygen atoms in total. The van der Waals surface area contributed by atoms with E-state index in [1.165, 1.54) is 19.2 Å². The van der Waals surface area contributed by atoms with Crippen LogP contribution in [0.2, 0.25) is 0 Å². The number of carbonyl (C=O) groups is 1. The molecule has 0 aromatic heterocycles. The highest BCUT2D eigenvalue weighted by Gasteiger charge is 2.21. The van der Waals surface area contributed by atoms with Crippen molar-refractivity contribution in [1.29, 1.82) is 0 Å². The molecule has 0 aliphatic carbocycles. The van der Waals surface area contributed by atoms with Gasteiger partial charge in [0.25, 0.3) is 0 Å². The molecule has 0 bridgehead atoms. The Morgan fingerprint density at radius 3 is 2.29 bits per heavy atom. The standard InChI is InChI=1S/C15H14O5S/c1-19-14-9-5-6-10-15(14)21(17,18)20-11-13(16)12-7-3-2-4-8-12/h2-10H,11H2,1H3. The van der Waals surface area contributed by atoms with E-state index >= 15 is 0 Å². The van der Waals surface area contributed by atoms with Crippen molar-refractivity contribution in [3.05, 3.63) is 60.2 Å². The Morgan fingerprint density at radius 1 is 1.00 bits per heavy atom. The lowest BCUT2D eigenvalue weighted by Crippen LogP contribution is -2.15. The van der Waals surface area contributed by atoms with Crippen molar-refractivity contribution in [2.45, 2.75) is 4.90 Å². The lowest BCUT2D eigenvalue weighted by atomic mass is 10.1. The molecule has 0 radical (unpaired) electrons. The number of carbonyl (C=O) groups excluding carboxylic acids is 1. The summed E-state index contributed by atoms with van der Waals surface area (Å²) >= 11 is 0. The number of rotatable bonds is 6. The third-order valence-electron chi connectivity index (χ3n) is 2.78. The number of ketones is 1. The molecule has 0 N–H and O–H groups in total. The third kappa shape index (κ3) is 3.68. The van der Waals surface area contributed by atoms with E-state index in [1.807, 2.05) is 0 Å². The van der Waals surface area contributed by atoms with Crippen LogP contribution in [0.4, 0.5) is 0 Å². The number of para-hydroxylation sites is 1. The average Bonchev–Trinajstić information content (AvgIpc) is 2.53. The van der Waals surface area contributed by atoms with Gasteiger partial charge in [-0.3, -0.25) is 8.98 Å². The molecule has 0 fully saturated rings. The molecule has 0 amide bonds. The van der Waals surface area contributed by atoms with Crippen LogP contribution in [-0.2, 0) is 14.3 Å². The number of hydrogen-bond acceptors (Lipinski definition) is 5. The summed E-state index contributed by atoms with van der Waals surface area (Å²) < 4.78 is 34.0. The van der Waals surface area contributed by atoms with Crippen molar-refractivity contribution in [2.75, 3.05) is 13.7 Å². The van der Waals surface area contributed by atoms with E-state index in [1.54, 1.807) is 42.5 Å². The van der Waals surface area contributed by atoms with Gasteiger partial charge in [0.2, 0.25) is 0 Å². The Labute approximate surface area is 123 Å². The maximum atomic E-state index is 12.1. The van der Waals surface area contributed by atoms with Crippen molar-refractivity contribution in [2.24, 2.45) is 0 Å². The first kappa shape index (κ1) is 15.2. The first-order valence-corrected chi connectivity index (χ1v) is 7.56. The van der Waals surface area contributed by atoms with Crippen LogP contribution in [0.3, 0.4) is 0 Å². The van der Waals surface area contributed by atoms with Crippen molar-refractivity contribution in [3.8, 4) is 5.75 Å². The molecule has 0 unspecified atom stereocenters. The van der Waals surface area contributed by atoms with Crippen LogP contribution < -0.4 is 4.74 Å². The van der Waals surface area contributed by atoms with Gasteiger partial charge in [-0.25, -0.2) is 0 Å². The molecule has 2 aromatic rings. The molecular weight excluding hydrogens is 292 g/mol. The minimum absolute atomic E-state index is 0.103. The van der Waals surface area contributed by atoms with Crippen LogP contribution in [0.25, 0.3) is 0 Å². The van der Waals surface area contributed by atoms with Crippen LogP contribution in [0, 0.1) is 0 Å². The van der Waals surface area contributed by atoms with Gasteiger partial charge in [-0.15, -0.1) is 0 Å². The molecule has 110 valence electrons. The zero-order chi connectivity index (χ0) is 15.3. The first-order valence-electron chi connectivity index (χ1n) is 6.15. The highest BCUT2D eigenvalue weighted by Crippen LogP contribution is 2.24. The lowest BCUT2D eigenvalue weighted by molar-refractivity contribution is 0.0924. The fraction of sp³-hybridized carbons (Fsp3) is 0.133. The number of Topliss-reactive ketones (excluding diaryl/α,β-unsaturated/α-hetero) is 1. The van der Waals surface area contributed by atoms with Gasteiger partial charge in [0.1, 0.15) is 17.3 Å². The van der Waals surface area contributed by atoms with Crippen molar-refractivity contribution < 1.29 is 22.1 Å². The lowest BCUT2D eigenvalue weighted by Gasteiger charge is -2.09. The van der Waals surface area contributed by atoms with Gasteiger partial charge in [-0.2, -0.15) is 8.42 Å². The zero-order valence-electron chi connectivity index (χ0n) is 11.4. The molecule has 2 rings (SSSR count). The molecule has 0 heterocycles. The second-order valence-corrected chi connectivity index (χ2v) is 5.74. The molecule has 21 heavy (non-hydrogen) atoms. The van der Waals surface area contributed by atoms with Crippen molar-refractivity contribution in [1.82, 2.24) is 0 Å². The van der Waals surface area contributed by atoms with E-state index in [-0.39, 0.29) is 10.6 Å². The molecule has 0 spiro atoms. The molecule has 0 aliphatic rings. The van der Waals surface area contributed by atoms with Crippen LogP contribution in [-0.4, -0.2) is 27.9 Å². The quantitative estimate of drug-likeness (QED) is 0.605. The zero-order valence-corrected chi connectivity index (χ0v) is 12.2. The Kier molecular flexibility index (Phi) is 4.72. The summed E-state index contributed by atoms with van der Waals surface area (Å²) in [5.74, 6) is -0.237. The number of ether oxygens (including phenoxy) is 1. The minimum atomic E-state index is -4.05. The Hall–Kier alpha value is -2.18. The maximum absolute atomic E-state index is 12.1. The van der Waals surface area contributed by atoms with Gasteiger partial charge in [0.05, 0.1) is 7.11 Å². The second-order valence-electron chi connectivity index (χ2n) is 4.16. The minimum Gasteiger partial charge on any atom is -0.495 e. The van der Waals surface area contributed by atoms with E-state index in [4.69, 9.17) is 8.92 Å². The van der Waals surface area contributed by atoms with Gasteiger partial charge in [0, 0.05) is 5.56 Å². The van der Waals surface area contributed by atoms with Gasteiger partial charge >= 0.3 is 10.1 Å². The summed E-state index contributed by atoms with van der Waals surface area (Å²) in [7, 11) is -2.69. The van der Waals surface area contributed by atoms with Crippen molar-refractivity contribution in [3.63, 3.8) is 0 Å². The van der Waals surface area contributed by atoms with Crippen LogP contribution in [0.15, 0.2) is 59.5 Å². The highest BCUT2D eigenvalue weighted by atomic mass is 32.2. The third-order valence-corrected chi connectivity index (χ3v) is 4.08. The van der Waals surface area contributed by atoms with Crippen LogP contribution >= 0.6 is 0 Å². The molecular formula is C15H14O5S. The van der Waals surface area contributed by atoms with E-state index in [2.05, 4.69) is 0 Å². The highest BCUT2D eigenvalue weighted by molar-refractivity contribution is 7.86. The summed E-state index contributed by atoms with van der Waals surface area (Å²) in [5.41, 5.74) is 0.396. The summed E-state index contributed by atoms with van der Waals surface area (Å²) in [6.07, 6.45) is 0. The largest absolute Gasteiger partial charge is 0.495 e. The SMILES string of the molecule is COc1ccccc1S(=O)(=O)OCC(=O)c1ccccc1. The Balaban J connectivity index is 2.14. The number of methoxy groups -OCH3 is 1. The van der Waals surface area contributed by atoms with Crippen LogP contribution in [0.5, 0.6) is 5.75 Å². The number of benzene rings is 2. The summed E-state index contributed by atoms with van der Waals surface area (Å²) in [6.45, 7) is -0.551. The molecule has 2 aromatic carbocycles. The predicted molar refractivity (Wildman–Crippen MR) is 76.9 cm³/mol. The fourth-order valence-corrected chi connectivity index (χ4v) is 2.76. The monoisotopic (exact) mass is 306 g/mol. The summed E-state index contributed by atoms with van der Waals surface area (Å²) in [4.78, 5) is 11.8. The van der Waals surface area contributed by atoms with Gasteiger partial charge < -0.3 is 4.74 Å². The van der Waals surface area contributed by atoms with Gasteiger partial charge in [-0.1, -0.05) is 42.5 Å². The predicted octanol–water partition coefficient (Wildman–Crippen LogP) is 2.28.